The van der Waals surface area contributed by atoms with Crippen LogP contribution in [0.3, 0.4) is 0 Å². The molecule has 2 rings (SSSR count). The fraction of sp³-hybridized carbons (Fsp3) is 0.625. The fourth-order valence-electron chi connectivity index (χ4n) is 2.96. The Kier molecular flexibility index (Phi) is 3.88. The van der Waals surface area contributed by atoms with Gasteiger partial charge in [-0.3, -0.25) is 0 Å². The average molecular weight is 231 g/mol. The van der Waals surface area contributed by atoms with Crippen LogP contribution in [0.25, 0.3) is 0 Å². The smallest absolute Gasteiger partial charge is 0.00202 e. The van der Waals surface area contributed by atoms with E-state index in [4.69, 9.17) is 0 Å². The van der Waals surface area contributed by atoms with Crippen molar-refractivity contribution in [3.05, 3.63) is 35.4 Å². The van der Waals surface area contributed by atoms with Crippen molar-refractivity contribution in [3.63, 3.8) is 0 Å². The van der Waals surface area contributed by atoms with Gasteiger partial charge in [0.05, 0.1) is 0 Å². The van der Waals surface area contributed by atoms with Crippen LogP contribution in [0.4, 0.5) is 0 Å². The van der Waals surface area contributed by atoms with Crippen LogP contribution in [0.5, 0.6) is 0 Å². The van der Waals surface area contributed by atoms with Gasteiger partial charge in [-0.1, -0.05) is 45.0 Å². The van der Waals surface area contributed by atoms with E-state index in [0.29, 0.717) is 11.3 Å². The molecule has 1 N–H and O–H groups in total. The minimum atomic E-state index is 0.359. The topological polar surface area (TPSA) is 12.0 Å². The molecule has 1 atom stereocenters. The van der Waals surface area contributed by atoms with Crippen LogP contribution in [-0.4, -0.2) is 13.1 Å². The summed E-state index contributed by atoms with van der Waals surface area (Å²) in [6.07, 6.45) is 3.85. The van der Waals surface area contributed by atoms with E-state index in [2.05, 4.69) is 50.4 Å². The van der Waals surface area contributed by atoms with Crippen molar-refractivity contribution in [1.29, 1.82) is 0 Å². The van der Waals surface area contributed by atoms with Gasteiger partial charge in [-0.15, -0.1) is 0 Å². The summed E-state index contributed by atoms with van der Waals surface area (Å²) in [6.45, 7) is 9.26. The standard InChI is InChI=1S/C16H25N/c1-4-11-17-12-13-9-10-16(2,3)15-8-6-5-7-14(13)15/h5-8,13,17H,4,9-12H2,1-3H3. The van der Waals surface area contributed by atoms with Crippen LogP contribution < -0.4 is 5.32 Å². The number of rotatable bonds is 4. The molecule has 0 amide bonds. The van der Waals surface area contributed by atoms with Crippen molar-refractivity contribution in [2.75, 3.05) is 13.1 Å². The van der Waals surface area contributed by atoms with Crippen LogP contribution in [0.2, 0.25) is 0 Å². The lowest BCUT2D eigenvalue weighted by atomic mass is 9.69. The predicted octanol–water partition coefficient (Wildman–Crippen LogP) is 3.84. The van der Waals surface area contributed by atoms with E-state index in [1.165, 1.54) is 19.3 Å². The Morgan fingerprint density at radius 2 is 2.06 bits per heavy atom. The lowest BCUT2D eigenvalue weighted by Gasteiger charge is -2.37. The maximum atomic E-state index is 3.57. The van der Waals surface area contributed by atoms with Crippen LogP contribution in [-0.2, 0) is 5.41 Å². The number of hydrogen-bond acceptors (Lipinski definition) is 1. The Labute approximate surface area is 106 Å². The first-order valence-electron chi connectivity index (χ1n) is 6.95. The van der Waals surface area contributed by atoms with Crippen LogP contribution in [0.15, 0.2) is 24.3 Å². The molecule has 1 aliphatic rings. The zero-order valence-electron chi connectivity index (χ0n) is 11.4. The molecule has 94 valence electrons. The molecular weight excluding hydrogens is 206 g/mol. The van der Waals surface area contributed by atoms with Gasteiger partial charge < -0.3 is 5.32 Å². The van der Waals surface area contributed by atoms with E-state index in [0.717, 1.165) is 13.1 Å². The van der Waals surface area contributed by atoms with Gasteiger partial charge in [0.1, 0.15) is 0 Å². The number of nitrogens with one attached hydrogen (secondary N) is 1. The normalized spacial score (nSPS) is 22.2. The van der Waals surface area contributed by atoms with E-state index in [1.807, 2.05) is 0 Å². The molecule has 1 nitrogen and oxygen atoms in total. The van der Waals surface area contributed by atoms with Crippen LogP contribution >= 0.6 is 0 Å². The third-order valence-corrected chi connectivity index (χ3v) is 4.07. The highest BCUT2D eigenvalue weighted by molar-refractivity contribution is 5.38. The van der Waals surface area contributed by atoms with Gasteiger partial charge >= 0.3 is 0 Å². The molecule has 0 bridgehead atoms. The van der Waals surface area contributed by atoms with Gasteiger partial charge in [0.15, 0.2) is 0 Å². The van der Waals surface area contributed by atoms with Crippen molar-refractivity contribution >= 4 is 0 Å². The van der Waals surface area contributed by atoms with E-state index >= 15 is 0 Å². The molecule has 1 aromatic rings. The van der Waals surface area contributed by atoms with Crippen molar-refractivity contribution in [2.24, 2.45) is 0 Å². The van der Waals surface area contributed by atoms with Gasteiger partial charge in [0.2, 0.25) is 0 Å². The summed E-state index contributed by atoms with van der Waals surface area (Å²) in [5.41, 5.74) is 3.50. The van der Waals surface area contributed by atoms with Crippen LogP contribution in [0.1, 0.15) is 57.1 Å². The summed E-state index contributed by atoms with van der Waals surface area (Å²) in [5, 5.41) is 3.57. The first-order chi connectivity index (χ1) is 8.15. The molecule has 0 fully saturated rings. The molecular formula is C16H25N. The van der Waals surface area contributed by atoms with Gasteiger partial charge in [0.25, 0.3) is 0 Å². The molecule has 0 aromatic heterocycles. The highest BCUT2D eigenvalue weighted by Crippen LogP contribution is 2.41. The molecule has 17 heavy (non-hydrogen) atoms. The van der Waals surface area contributed by atoms with E-state index in [-0.39, 0.29) is 0 Å². The van der Waals surface area contributed by atoms with Gasteiger partial charge in [-0.2, -0.15) is 0 Å². The Morgan fingerprint density at radius 3 is 2.82 bits per heavy atom. The van der Waals surface area contributed by atoms with E-state index in [1.54, 1.807) is 11.1 Å². The Morgan fingerprint density at radius 1 is 1.29 bits per heavy atom. The summed E-state index contributed by atoms with van der Waals surface area (Å²) >= 11 is 0. The number of hydrogen-bond donors (Lipinski definition) is 1. The van der Waals surface area contributed by atoms with Gasteiger partial charge in [-0.05, 0) is 48.3 Å². The summed E-state index contributed by atoms with van der Waals surface area (Å²) in [4.78, 5) is 0. The number of benzene rings is 1. The fourth-order valence-corrected chi connectivity index (χ4v) is 2.96. The Bertz CT molecular complexity index is 368. The monoisotopic (exact) mass is 231 g/mol. The van der Waals surface area contributed by atoms with E-state index in [9.17, 15) is 0 Å². The lowest BCUT2D eigenvalue weighted by molar-refractivity contribution is 0.382. The molecule has 0 aliphatic heterocycles. The third-order valence-electron chi connectivity index (χ3n) is 4.07. The van der Waals surface area contributed by atoms with Crippen molar-refractivity contribution in [1.82, 2.24) is 5.32 Å². The zero-order chi connectivity index (χ0) is 12.3. The minimum absolute atomic E-state index is 0.359. The second-order valence-electron chi connectivity index (χ2n) is 5.91. The minimum Gasteiger partial charge on any atom is -0.316 e. The first-order valence-corrected chi connectivity index (χ1v) is 6.95. The molecule has 1 unspecified atom stereocenters. The highest BCUT2D eigenvalue weighted by atomic mass is 14.9. The number of fused-ring (bicyclic) bond motifs is 1. The van der Waals surface area contributed by atoms with Crippen molar-refractivity contribution in [3.8, 4) is 0 Å². The molecule has 1 aliphatic carbocycles. The molecule has 0 saturated carbocycles. The molecule has 1 heteroatoms. The lowest BCUT2D eigenvalue weighted by Crippen LogP contribution is -2.31. The molecule has 0 radical (unpaired) electrons. The van der Waals surface area contributed by atoms with Gasteiger partial charge in [-0.25, -0.2) is 0 Å². The molecule has 0 saturated heterocycles. The third kappa shape index (κ3) is 2.71. The first kappa shape index (κ1) is 12.6. The largest absolute Gasteiger partial charge is 0.316 e. The van der Waals surface area contributed by atoms with E-state index < -0.39 is 0 Å². The highest BCUT2D eigenvalue weighted by Gasteiger charge is 2.31. The summed E-state index contributed by atoms with van der Waals surface area (Å²) < 4.78 is 0. The summed E-state index contributed by atoms with van der Waals surface area (Å²) in [6, 6.07) is 9.02. The average Bonchev–Trinajstić information content (AvgIpc) is 2.33. The van der Waals surface area contributed by atoms with Crippen molar-refractivity contribution in [2.45, 2.75) is 51.4 Å². The second kappa shape index (κ2) is 5.22. The SMILES string of the molecule is CCCNCC1CCC(C)(C)c2ccccc21. The Hall–Kier alpha value is -0.820. The zero-order valence-corrected chi connectivity index (χ0v) is 11.4. The van der Waals surface area contributed by atoms with Crippen LogP contribution in [0, 0.1) is 0 Å². The van der Waals surface area contributed by atoms with Crippen molar-refractivity contribution < 1.29 is 0 Å². The molecule has 0 heterocycles. The quantitative estimate of drug-likeness (QED) is 0.776. The summed E-state index contributed by atoms with van der Waals surface area (Å²) in [7, 11) is 0. The maximum absolute atomic E-state index is 3.57. The summed E-state index contributed by atoms with van der Waals surface area (Å²) in [5.74, 6) is 0.714. The Balaban J connectivity index is 2.17. The predicted molar refractivity (Wildman–Crippen MR) is 74.6 cm³/mol. The van der Waals surface area contributed by atoms with Gasteiger partial charge in [0, 0.05) is 6.54 Å². The molecule has 0 spiro atoms. The molecule has 1 aromatic carbocycles. The maximum Gasteiger partial charge on any atom is 0.00202 e. The second-order valence-corrected chi connectivity index (χ2v) is 5.91.